The van der Waals surface area contributed by atoms with Crippen LogP contribution in [0.3, 0.4) is 0 Å². The van der Waals surface area contributed by atoms with Crippen molar-refractivity contribution in [3.8, 4) is 0 Å². The van der Waals surface area contributed by atoms with Gasteiger partial charge in [-0.25, -0.2) is 4.79 Å². The van der Waals surface area contributed by atoms with Gasteiger partial charge in [-0.05, 0) is 12.1 Å². The minimum atomic E-state index is -0.507. The Hall–Kier alpha value is -1.04. The third-order valence-electron chi connectivity index (χ3n) is 1.81. The van der Waals surface area contributed by atoms with Crippen molar-refractivity contribution in [1.29, 1.82) is 0 Å². The van der Waals surface area contributed by atoms with Gasteiger partial charge in [-0.15, -0.1) is 0 Å². The van der Waals surface area contributed by atoms with Crippen molar-refractivity contribution in [2.24, 2.45) is 5.11 Å². The van der Waals surface area contributed by atoms with Crippen LogP contribution in [0.5, 0.6) is 0 Å². The number of nitrogen functional groups attached to an aromatic ring is 1. The molecular weight excluding hydrogens is 193 g/mol. The van der Waals surface area contributed by atoms with Gasteiger partial charge >= 0.3 is 41.4 Å². The Bertz CT molecular complexity index is 442. The van der Waals surface area contributed by atoms with Crippen LogP contribution in [0.2, 0.25) is 0 Å². The van der Waals surface area contributed by atoms with Gasteiger partial charge in [-0.1, -0.05) is 11.2 Å². The van der Waals surface area contributed by atoms with Gasteiger partial charge in [0.1, 0.15) is 5.56 Å². The molecule has 14 heavy (non-hydrogen) atoms. The number of nitrogens with two attached hydrogens (primary N) is 1. The van der Waals surface area contributed by atoms with E-state index in [4.69, 9.17) is 5.73 Å². The summed E-state index contributed by atoms with van der Waals surface area (Å²) in [6.45, 7) is 0. The second-order valence-corrected chi connectivity index (χ2v) is 2.63. The number of benzene rings is 1. The summed E-state index contributed by atoms with van der Waals surface area (Å²) in [6.07, 6.45) is 0. The van der Waals surface area contributed by atoms with Crippen molar-refractivity contribution in [3.05, 3.63) is 29.3 Å². The molecule has 0 saturated heterocycles. The first kappa shape index (κ1) is 11.0. The first-order valence-electron chi connectivity index (χ1n) is 3.64. The number of nitrogens with zero attached hydrogens (tertiary/aromatic N) is 1. The predicted molar refractivity (Wildman–Crippen MR) is 42.9 cm³/mol. The maximum atomic E-state index is 11.2. The summed E-state index contributed by atoms with van der Waals surface area (Å²) in [5.41, 5.74) is 6.28. The van der Waals surface area contributed by atoms with E-state index in [2.05, 4.69) is 10.2 Å². The fraction of sp³-hybridized carbons (Fsp3) is 0. The molecular formula is C8H6N3NaO2+2. The molecule has 5 nitrogen and oxygen atoms in total. The third-order valence-corrected chi connectivity index (χ3v) is 1.81. The van der Waals surface area contributed by atoms with Crippen LogP contribution in [0.4, 0.5) is 5.69 Å². The van der Waals surface area contributed by atoms with Gasteiger partial charge in [0.15, 0.2) is 0 Å². The number of carbonyl (C=O) groups is 2. The van der Waals surface area contributed by atoms with Crippen molar-refractivity contribution in [3.63, 3.8) is 0 Å². The van der Waals surface area contributed by atoms with Crippen LogP contribution in [0, 0.1) is 0 Å². The average Bonchev–Trinajstić information content (AvgIpc) is 2.12. The van der Waals surface area contributed by atoms with Crippen LogP contribution in [0.15, 0.2) is 23.3 Å². The molecule has 0 saturated carbocycles. The van der Waals surface area contributed by atoms with E-state index in [-0.39, 0.29) is 46.4 Å². The monoisotopic (exact) mass is 199 g/mol. The smallest absolute Gasteiger partial charge is 0.398 e. The minimum Gasteiger partial charge on any atom is -0.398 e. The molecule has 0 atom stereocenters. The summed E-state index contributed by atoms with van der Waals surface area (Å²) in [7, 11) is 0. The van der Waals surface area contributed by atoms with E-state index in [0.29, 0.717) is 0 Å². The van der Waals surface area contributed by atoms with Crippen molar-refractivity contribution in [2.45, 2.75) is 0 Å². The van der Waals surface area contributed by atoms with Crippen LogP contribution in [0.25, 0.3) is 0 Å². The van der Waals surface area contributed by atoms with Gasteiger partial charge < -0.3 is 5.73 Å². The fourth-order valence-electron chi connectivity index (χ4n) is 1.22. The summed E-state index contributed by atoms with van der Waals surface area (Å²) in [6, 6.07) is 4.71. The summed E-state index contributed by atoms with van der Waals surface area (Å²) in [5.74, 6) is -0.908. The first-order chi connectivity index (χ1) is 6.20. The van der Waals surface area contributed by atoms with Crippen molar-refractivity contribution in [1.82, 2.24) is 0 Å². The molecule has 0 aromatic heterocycles. The number of carbonyl (C=O) groups excluding carboxylic acids is 2. The minimum absolute atomic E-state index is 0. The maximum Gasteiger partial charge on any atom is 1.00 e. The van der Waals surface area contributed by atoms with E-state index < -0.39 is 11.8 Å². The van der Waals surface area contributed by atoms with E-state index in [1.807, 2.05) is 0 Å². The van der Waals surface area contributed by atoms with Crippen LogP contribution in [-0.4, -0.2) is 11.8 Å². The van der Waals surface area contributed by atoms with Gasteiger partial charge in [0.05, 0.1) is 5.56 Å². The Kier molecular flexibility index (Phi) is 3.15. The molecule has 0 aliphatic carbocycles. The zero-order valence-corrected chi connectivity index (χ0v) is 9.57. The molecule has 64 valence electrons. The molecule has 1 aromatic carbocycles. The van der Waals surface area contributed by atoms with Crippen LogP contribution in [-0.2, 0) is 0 Å². The molecule has 0 bridgehead atoms. The molecule has 1 aromatic rings. The standard InChI is InChI=1S/C8H5N3O2.Na/c9-5-3-1-2-4-6(5)8(13)11-10-7(4)12;/h1-3H,9H2;/q;+1/p+1. The SMILES string of the molecule is Nc1cccc2c1C(=O)N=[NH+]C2=O.[Na+]. The molecule has 3 N–H and O–H groups in total. The quantitative estimate of drug-likeness (QED) is 0.331. The molecule has 0 radical (unpaired) electrons. The van der Waals surface area contributed by atoms with Crippen LogP contribution in [0.1, 0.15) is 20.7 Å². The number of amides is 2. The molecule has 0 spiro atoms. The number of rotatable bonds is 0. The van der Waals surface area contributed by atoms with Crippen molar-refractivity contribution >= 4 is 17.5 Å². The van der Waals surface area contributed by atoms with E-state index in [1.54, 1.807) is 12.1 Å². The number of azo groups is 1. The Labute approximate surface area is 102 Å². The number of hydrogen-bond acceptors (Lipinski definition) is 3. The van der Waals surface area contributed by atoms with Crippen molar-refractivity contribution < 1.29 is 44.3 Å². The predicted octanol–water partition coefficient (Wildman–Crippen LogP) is -3.90. The Morgan fingerprint density at radius 3 is 2.64 bits per heavy atom. The molecule has 2 amide bonds. The summed E-state index contributed by atoms with van der Waals surface area (Å²) < 4.78 is 0. The molecule has 1 aliphatic heterocycles. The van der Waals surface area contributed by atoms with Crippen molar-refractivity contribution in [2.75, 3.05) is 5.73 Å². The summed E-state index contributed by atoms with van der Waals surface area (Å²) >= 11 is 0. The molecule has 6 heteroatoms. The number of nitrogens with one attached hydrogen (secondary N) is 1. The van der Waals surface area contributed by atoms with E-state index >= 15 is 0 Å². The van der Waals surface area contributed by atoms with Gasteiger partial charge in [0.25, 0.3) is 0 Å². The van der Waals surface area contributed by atoms with Crippen LogP contribution >= 0.6 is 0 Å². The number of hydrogen-bond donors (Lipinski definition) is 2. The van der Waals surface area contributed by atoms with Gasteiger partial charge in [-0.3, -0.25) is 4.79 Å². The second kappa shape index (κ2) is 4.00. The number of anilines is 1. The fourth-order valence-corrected chi connectivity index (χ4v) is 1.22. The zero-order valence-electron chi connectivity index (χ0n) is 7.57. The Morgan fingerprint density at radius 1 is 1.29 bits per heavy atom. The van der Waals surface area contributed by atoms with E-state index in [1.165, 1.54) is 6.07 Å². The van der Waals surface area contributed by atoms with E-state index in [9.17, 15) is 9.59 Å². The van der Waals surface area contributed by atoms with Crippen LogP contribution < -0.4 is 40.4 Å². The molecule has 0 unspecified atom stereocenters. The normalized spacial score (nSPS) is 13.4. The largest absolute Gasteiger partial charge is 1.00 e. The topological polar surface area (TPSA) is 86.5 Å². The number of fused-ring (bicyclic) bond motifs is 1. The second-order valence-electron chi connectivity index (χ2n) is 2.63. The summed E-state index contributed by atoms with van der Waals surface area (Å²) in [4.78, 5) is 22.4. The Balaban J connectivity index is 0.000000980. The molecule has 2 rings (SSSR count). The molecule has 1 aliphatic rings. The average molecular weight is 199 g/mol. The van der Waals surface area contributed by atoms with Gasteiger partial charge in [0.2, 0.25) is 0 Å². The first-order valence-corrected chi connectivity index (χ1v) is 3.64. The van der Waals surface area contributed by atoms with E-state index in [0.717, 1.165) is 0 Å². The molecule has 1 heterocycles. The summed E-state index contributed by atoms with van der Waals surface area (Å²) in [5, 5.41) is 5.39. The van der Waals surface area contributed by atoms with Gasteiger partial charge in [-0.2, -0.15) is 0 Å². The molecule has 0 fully saturated rings. The zero-order chi connectivity index (χ0) is 9.42. The Morgan fingerprint density at radius 2 is 2.00 bits per heavy atom. The maximum absolute atomic E-state index is 11.2. The third kappa shape index (κ3) is 1.61. The van der Waals surface area contributed by atoms with Gasteiger partial charge in [0, 0.05) is 10.8 Å².